The molecular weight excluding hydrogens is 250 g/mol. The van der Waals surface area contributed by atoms with Crippen LogP contribution in [0.3, 0.4) is 0 Å². The van der Waals surface area contributed by atoms with Crippen LogP contribution in [0.2, 0.25) is 0 Å². The summed E-state index contributed by atoms with van der Waals surface area (Å²) < 4.78 is 26.0. The van der Waals surface area contributed by atoms with E-state index in [-0.39, 0.29) is 0 Å². The Balaban J connectivity index is 3.03. The number of hydrogen-bond acceptors (Lipinski definition) is 4. The molecule has 0 rings (SSSR count). The van der Waals surface area contributed by atoms with Gasteiger partial charge in [0.15, 0.2) is 0 Å². The minimum Gasteiger partial charge on any atom is -0.317 e. The lowest BCUT2D eigenvalue weighted by Gasteiger charge is -2.04. The van der Waals surface area contributed by atoms with E-state index in [4.69, 9.17) is 0 Å². The monoisotopic (exact) mass is 279 g/mol. The highest BCUT2D eigenvalue weighted by Crippen LogP contribution is 2.05. The van der Waals surface area contributed by atoms with E-state index >= 15 is 0 Å². The first-order chi connectivity index (χ1) is 8.56. The van der Waals surface area contributed by atoms with Crippen LogP contribution in [-0.2, 0) is 14.3 Å². The molecule has 0 spiro atoms. The first-order valence-corrected chi connectivity index (χ1v) is 8.93. The molecule has 0 radical (unpaired) electrons. The average Bonchev–Trinajstić information content (AvgIpc) is 2.29. The molecule has 0 aliphatic rings. The molecule has 0 aromatic carbocycles. The van der Waals surface area contributed by atoms with Gasteiger partial charge in [0.1, 0.15) is 0 Å². The minimum absolute atomic E-state index is 0.331. The predicted molar refractivity (Wildman–Crippen MR) is 76.3 cm³/mol. The lowest BCUT2D eigenvalue weighted by Crippen LogP contribution is -2.16. The van der Waals surface area contributed by atoms with Crippen LogP contribution >= 0.6 is 0 Å². The molecule has 5 heteroatoms. The highest BCUT2D eigenvalue weighted by atomic mass is 32.2. The van der Waals surface area contributed by atoms with Crippen LogP contribution < -0.4 is 5.32 Å². The summed E-state index contributed by atoms with van der Waals surface area (Å²) in [6, 6.07) is 0. The Hall–Kier alpha value is -0.130. The maximum atomic E-state index is 10.7. The van der Waals surface area contributed by atoms with Crippen molar-refractivity contribution in [3.8, 4) is 0 Å². The van der Waals surface area contributed by atoms with Crippen LogP contribution in [0.15, 0.2) is 0 Å². The van der Waals surface area contributed by atoms with E-state index in [0.717, 1.165) is 32.2 Å². The number of nitrogens with one attached hydrogen (secondary N) is 1. The van der Waals surface area contributed by atoms with Crippen molar-refractivity contribution in [3.63, 3.8) is 0 Å². The van der Waals surface area contributed by atoms with Gasteiger partial charge in [0, 0.05) is 0 Å². The van der Waals surface area contributed by atoms with Gasteiger partial charge in [-0.05, 0) is 32.4 Å². The Kier molecular flexibility index (Phi) is 11.8. The van der Waals surface area contributed by atoms with Crippen molar-refractivity contribution in [2.24, 2.45) is 0 Å². The van der Waals surface area contributed by atoms with Gasteiger partial charge >= 0.3 is 0 Å². The summed E-state index contributed by atoms with van der Waals surface area (Å²) in [6.45, 7) is 4.79. The molecule has 0 aromatic heterocycles. The molecule has 0 heterocycles. The van der Waals surface area contributed by atoms with Gasteiger partial charge in [-0.15, -0.1) is 0 Å². The average molecular weight is 279 g/mol. The van der Waals surface area contributed by atoms with Crippen molar-refractivity contribution >= 4 is 10.1 Å². The van der Waals surface area contributed by atoms with Crippen LogP contribution in [0.25, 0.3) is 0 Å². The summed E-state index contributed by atoms with van der Waals surface area (Å²) in [4.78, 5) is 0. The van der Waals surface area contributed by atoms with E-state index in [9.17, 15) is 8.42 Å². The summed E-state index contributed by atoms with van der Waals surface area (Å²) in [5, 5.41) is 3.43. The number of rotatable bonds is 13. The smallest absolute Gasteiger partial charge is 0.264 e. The van der Waals surface area contributed by atoms with E-state index in [1.54, 1.807) is 0 Å². The zero-order valence-corrected chi connectivity index (χ0v) is 12.7. The maximum absolute atomic E-state index is 10.7. The van der Waals surface area contributed by atoms with Crippen LogP contribution in [0.5, 0.6) is 0 Å². The highest BCUT2D eigenvalue weighted by molar-refractivity contribution is 7.85. The van der Waals surface area contributed by atoms with Crippen LogP contribution in [0.4, 0.5) is 0 Å². The third-order valence-electron chi connectivity index (χ3n) is 2.75. The molecule has 18 heavy (non-hydrogen) atoms. The van der Waals surface area contributed by atoms with Gasteiger partial charge in [-0.3, -0.25) is 4.18 Å². The van der Waals surface area contributed by atoms with E-state index in [2.05, 4.69) is 16.4 Å². The Bertz CT molecular complexity index is 265. The molecule has 0 atom stereocenters. The van der Waals surface area contributed by atoms with E-state index in [1.165, 1.54) is 38.5 Å². The Morgan fingerprint density at radius 3 is 2.06 bits per heavy atom. The molecule has 0 saturated carbocycles. The Morgan fingerprint density at radius 1 is 0.889 bits per heavy atom. The fraction of sp³-hybridized carbons (Fsp3) is 1.00. The molecule has 4 nitrogen and oxygen atoms in total. The fourth-order valence-corrected chi connectivity index (χ4v) is 2.12. The molecule has 0 bridgehead atoms. The molecule has 0 fully saturated rings. The first kappa shape index (κ1) is 17.9. The zero-order valence-electron chi connectivity index (χ0n) is 11.9. The first-order valence-electron chi connectivity index (χ1n) is 7.11. The third kappa shape index (κ3) is 15.9. The quantitative estimate of drug-likeness (QED) is 0.416. The van der Waals surface area contributed by atoms with Crippen molar-refractivity contribution < 1.29 is 12.6 Å². The maximum Gasteiger partial charge on any atom is 0.264 e. The molecule has 0 aliphatic heterocycles. The zero-order chi connectivity index (χ0) is 13.7. The summed E-state index contributed by atoms with van der Waals surface area (Å²) in [5.41, 5.74) is 0. The van der Waals surface area contributed by atoms with Crippen molar-refractivity contribution in [3.05, 3.63) is 0 Å². The van der Waals surface area contributed by atoms with E-state index in [1.807, 2.05) is 0 Å². The molecule has 0 saturated heterocycles. The van der Waals surface area contributed by atoms with Crippen LogP contribution in [-0.4, -0.2) is 34.4 Å². The molecular formula is C13H29NO3S. The van der Waals surface area contributed by atoms with Gasteiger partial charge < -0.3 is 5.32 Å². The van der Waals surface area contributed by atoms with Crippen molar-refractivity contribution in [1.82, 2.24) is 5.32 Å². The second-order valence-corrected chi connectivity index (χ2v) is 6.39. The summed E-state index contributed by atoms with van der Waals surface area (Å²) >= 11 is 0. The van der Waals surface area contributed by atoms with Gasteiger partial charge in [-0.25, -0.2) is 0 Å². The molecule has 110 valence electrons. The number of unbranched alkanes of at least 4 members (excludes halogenated alkanes) is 6. The van der Waals surface area contributed by atoms with Crippen molar-refractivity contribution in [2.45, 2.75) is 58.3 Å². The van der Waals surface area contributed by atoms with Crippen molar-refractivity contribution in [1.29, 1.82) is 0 Å². The third-order valence-corrected chi connectivity index (χ3v) is 3.35. The van der Waals surface area contributed by atoms with E-state index in [0.29, 0.717) is 6.61 Å². The molecule has 0 aromatic rings. The summed E-state index contributed by atoms with van der Waals surface area (Å²) in [5.74, 6) is 0. The van der Waals surface area contributed by atoms with Crippen molar-refractivity contribution in [2.75, 3.05) is 26.0 Å². The number of hydrogen-bond donors (Lipinski definition) is 1. The second kappa shape index (κ2) is 11.9. The SMILES string of the molecule is CCCCNCCCCCCCCOS(C)(=O)=O. The van der Waals surface area contributed by atoms with Crippen LogP contribution in [0, 0.1) is 0 Å². The van der Waals surface area contributed by atoms with Gasteiger partial charge in [0.05, 0.1) is 12.9 Å². The predicted octanol–water partition coefficient (Wildman–Crippen LogP) is 2.69. The largest absolute Gasteiger partial charge is 0.317 e. The fourth-order valence-electron chi connectivity index (χ4n) is 1.70. The van der Waals surface area contributed by atoms with Gasteiger partial charge in [-0.1, -0.05) is 39.0 Å². The lowest BCUT2D eigenvalue weighted by molar-refractivity contribution is 0.309. The summed E-state index contributed by atoms with van der Waals surface area (Å²) in [6.07, 6.45) is 10.4. The Morgan fingerprint density at radius 2 is 1.44 bits per heavy atom. The normalized spacial score (nSPS) is 11.9. The molecule has 0 amide bonds. The highest BCUT2D eigenvalue weighted by Gasteiger charge is 2.00. The standard InChI is InChI=1S/C13H29NO3S/c1-3-4-11-14-12-9-7-5-6-8-10-13-17-18(2,15)16/h14H,3-13H2,1-2H3. The van der Waals surface area contributed by atoms with Gasteiger partial charge in [0.2, 0.25) is 0 Å². The lowest BCUT2D eigenvalue weighted by atomic mass is 10.1. The van der Waals surface area contributed by atoms with Gasteiger partial charge in [0.25, 0.3) is 10.1 Å². The molecule has 0 aliphatic carbocycles. The van der Waals surface area contributed by atoms with Gasteiger partial charge in [-0.2, -0.15) is 8.42 Å². The summed E-state index contributed by atoms with van der Waals surface area (Å²) in [7, 11) is -3.24. The Labute approximate surface area is 113 Å². The molecule has 0 unspecified atom stereocenters. The topological polar surface area (TPSA) is 55.4 Å². The van der Waals surface area contributed by atoms with E-state index < -0.39 is 10.1 Å². The second-order valence-electron chi connectivity index (χ2n) is 4.75. The minimum atomic E-state index is -3.24. The van der Waals surface area contributed by atoms with Crippen LogP contribution in [0.1, 0.15) is 58.3 Å². The molecule has 1 N–H and O–H groups in total.